The van der Waals surface area contributed by atoms with E-state index in [1.54, 1.807) is 0 Å². The topological polar surface area (TPSA) is 71.6 Å². The van der Waals surface area contributed by atoms with Crippen molar-refractivity contribution in [1.29, 1.82) is 0 Å². The van der Waals surface area contributed by atoms with Crippen LogP contribution in [0.15, 0.2) is 279 Å². The molecule has 0 bridgehead atoms. The average molecular weight is 1600 g/mol. The van der Waals surface area contributed by atoms with Gasteiger partial charge < -0.3 is 38.7 Å². The van der Waals surface area contributed by atoms with Crippen LogP contribution in [-0.2, 0) is 18.9 Å². The van der Waals surface area contributed by atoms with E-state index < -0.39 is 32.3 Å². The summed E-state index contributed by atoms with van der Waals surface area (Å²) >= 11 is 0. The first-order chi connectivity index (χ1) is 52.6. The molecule has 14 heteroatoms. The van der Waals surface area contributed by atoms with Crippen LogP contribution in [0.3, 0.4) is 0 Å². The molecule has 0 unspecified atom stereocenters. The van der Waals surface area contributed by atoms with Gasteiger partial charge in [-0.2, -0.15) is 0 Å². The smallest absolute Gasteiger partial charge is 0.676 e. The minimum atomic E-state index is -2.70. The Morgan fingerprint density at radius 1 is 0.273 bits per heavy atom. The third kappa shape index (κ3) is 31.0. The van der Waals surface area contributed by atoms with Gasteiger partial charge in [-0.15, -0.1) is 11.4 Å². The summed E-state index contributed by atoms with van der Waals surface area (Å²) in [6.45, 7) is 28.7. The maximum Gasteiger partial charge on any atom is 1.00 e. The van der Waals surface area contributed by atoms with Crippen molar-refractivity contribution in [2.45, 2.75) is 130 Å². The molecule has 10 aromatic rings. The van der Waals surface area contributed by atoms with E-state index in [-0.39, 0.29) is 103 Å². The van der Waals surface area contributed by atoms with E-state index >= 15 is 0 Å². The Bertz CT molecular complexity index is 3470. The number of rotatable bonds is 23. The SMILES string of the molecule is C1CCOC1.C1CCOC1.C1CCOC1.C1CCOC1.CC(C)c1cccc(C(C)C)c1[N-][Si](C[PH+](c1ccccc1)c1ccccc1)(c1ccccc1)c1ccccc1.CC(C)c1cccc(C(C)C)c1[N-][Si](C[PH+](c1ccccc1)c1ccccc1)(c1ccccc1)c1ccccc1.CN(C)CCN(C)C.[K+].[K+]. The van der Waals surface area contributed by atoms with Crippen LogP contribution in [0.5, 0.6) is 0 Å². The standard InChI is InChI=1S/2C37H39NPSi.C6H16N2.4C4H8O.2K/c2*1-29(2)35-26-17-27-36(30(3)4)37(35)38-40(33-22-13-7-14-23-33,34-24-15-8-16-25-34)28-39(31-18-9-5-10-19-31)32-20-11-6-12-21-32;1-7(2)5-6-8(3)4;4*1-2-4-5-3-1;;/h2*5-27,29-30H,28H2,1-4H3;5-6H2,1-4H3;4*1-4H2;;/q2*-1;;;;;;2*+1/p+2. The van der Waals surface area contributed by atoms with Gasteiger partial charge in [-0.1, -0.05) is 329 Å². The Hall–Kier alpha value is -3.87. The monoisotopic (exact) mass is 1600 g/mol. The third-order valence-corrected chi connectivity index (χ3v) is 37.4. The van der Waals surface area contributed by atoms with Crippen molar-refractivity contribution in [2.75, 3.05) is 106 Å². The van der Waals surface area contributed by atoms with Crippen molar-refractivity contribution in [3.63, 3.8) is 0 Å². The molecule has 10 aromatic carbocycles. The summed E-state index contributed by atoms with van der Waals surface area (Å²) in [7, 11) is 0.611. The predicted molar refractivity (Wildman–Crippen MR) is 479 cm³/mol. The predicted octanol–water partition coefficient (Wildman–Crippen LogP) is 13.5. The Morgan fingerprint density at radius 2 is 0.455 bits per heavy atom. The van der Waals surface area contributed by atoms with E-state index in [0.29, 0.717) is 23.7 Å². The summed E-state index contributed by atoms with van der Waals surface area (Å²) in [6, 6.07) is 103. The summed E-state index contributed by atoms with van der Waals surface area (Å²) in [4.78, 5) is 16.6. The second-order valence-corrected chi connectivity index (χ2v) is 43.5. The van der Waals surface area contributed by atoms with Crippen LogP contribution < -0.4 is 145 Å². The minimum absolute atomic E-state index is 0. The van der Waals surface area contributed by atoms with E-state index in [4.69, 9.17) is 28.9 Å². The minimum Gasteiger partial charge on any atom is -0.676 e. The van der Waals surface area contributed by atoms with Gasteiger partial charge in [-0.05, 0) is 152 Å². The normalized spacial score (nSPS) is 13.7. The molecule has 0 radical (unpaired) electrons. The van der Waals surface area contributed by atoms with Crippen LogP contribution in [0.2, 0.25) is 0 Å². The molecule has 0 spiro atoms. The van der Waals surface area contributed by atoms with E-state index in [1.807, 2.05) is 0 Å². The van der Waals surface area contributed by atoms with Gasteiger partial charge >= 0.3 is 103 Å². The first-order valence-electron chi connectivity index (χ1n) is 40.1. The van der Waals surface area contributed by atoms with Crippen molar-refractivity contribution in [2.24, 2.45) is 0 Å². The molecular weight excluding hydrogens is 1470 g/mol. The van der Waals surface area contributed by atoms with Crippen molar-refractivity contribution < 1.29 is 122 Å². The number of ether oxygens (including phenoxy) is 4. The van der Waals surface area contributed by atoms with Crippen molar-refractivity contribution >= 4 is 85.7 Å². The van der Waals surface area contributed by atoms with Crippen LogP contribution in [0.4, 0.5) is 11.4 Å². The van der Waals surface area contributed by atoms with Gasteiger partial charge in [0.25, 0.3) is 0 Å². The molecule has 4 saturated heterocycles. The van der Waals surface area contributed by atoms with Gasteiger partial charge in [0.05, 0.1) is 53.5 Å². The van der Waals surface area contributed by atoms with Gasteiger partial charge in [0.15, 0.2) is 0 Å². The van der Waals surface area contributed by atoms with Crippen molar-refractivity contribution in [3.8, 4) is 0 Å². The number of benzene rings is 10. The molecule has 110 heavy (non-hydrogen) atoms. The summed E-state index contributed by atoms with van der Waals surface area (Å²) in [5, 5.41) is 11.3. The van der Waals surface area contributed by atoms with Crippen molar-refractivity contribution in [3.05, 3.63) is 311 Å². The van der Waals surface area contributed by atoms with E-state index in [9.17, 15) is 0 Å². The Kier molecular flexibility index (Phi) is 46.1. The van der Waals surface area contributed by atoms with Crippen molar-refractivity contribution in [1.82, 2.24) is 9.80 Å². The molecule has 0 amide bonds. The maximum atomic E-state index is 6.13. The zero-order valence-corrected chi connectivity index (χ0v) is 79.7. The largest absolute Gasteiger partial charge is 1.00 e. The molecular formula is C96H128K2N4O4P2Si2+2. The molecule has 0 atom stereocenters. The molecule has 8 nitrogen and oxygen atoms in total. The maximum absolute atomic E-state index is 6.13. The van der Waals surface area contributed by atoms with Gasteiger partial charge in [0, 0.05) is 77.5 Å². The first-order valence-corrected chi connectivity index (χ1v) is 47.8. The van der Waals surface area contributed by atoms with Gasteiger partial charge in [-0.25, -0.2) is 0 Å². The number of likely N-dealkylation sites (N-methyl/N-ethyl adjacent to an activating group) is 2. The van der Waals surface area contributed by atoms with E-state index in [2.05, 4.69) is 372 Å². The van der Waals surface area contributed by atoms with Crippen LogP contribution in [0, 0.1) is 0 Å². The molecule has 0 N–H and O–H groups in total. The molecule has 0 aromatic heterocycles. The number of hydrogen-bond donors (Lipinski definition) is 0. The van der Waals surface area contributed by atoms with Gasteiger partial charge in [0.2, 0.25) is 0 Å². The zero-order valence-electron chi connectivity index (χ0n) is 69.4. The number of nitrogens with zero attached hydrogens (tertiary/aromatic N) is 4. The zero-order chi connectivity index (χ0) is 76.6. The van der Waals surface area contributed by atoms with E-state index in [0.717, 1.165) is 77.5 Å². The second kappa shape index (κ2) is 53.4. The summed E-state index contributed by atoms with van der Waals surface area (Å²) in [5.41, 5.74) is 7.83. The molecule has 4 fully saturated rings. The third-order valence-electron chi connectivity index (χ3n) is 20.0. The van der Waals surface area contributed by atoms with Crippen LogP contribution >= 0.6 is 15.8 Å². The average Bonchev–Trinajstić information content (AvgIpc) is 0.884. The molecule has 0 aliphatic carbocycles. The Morgan fingerprint density at radius 3 is 0.609 bits per heavy atom. The summed E-state index contributed by atoms with van der Waals surface area (Å²) < 4.78 is 19.8. The fraction of sp³-hybridized carbons (Fsp3) is 0.375. The fourth-order valence-corrected chi connectivity index (χ4v) is 33.6. The molecule has 4 aliphatic heterocycles. The van der Waals surface area contributed by atoms with Gasteiger partial charge in [-0.3, -0.25) is 0 Å². The molecule has 4 aliphatic rings. The quantitative estimate of drug-likeness (QED) is 0.0469. The second-order valence-electron chi connectivity index (χ2n) is 30.3. The molecule has 574 valence electrons. The molecule has 14 rings (SSSR count). The summed E-state index contributed by atoms with van der Waals surface area (Å²) in [6.07, 6.45) is 10.2. The summed E-state index contributed by atoms with van der Waals surface area (Å²) in [5.74, 6) is 3.66. The van der Waals surface area contributed by atoms with Crippen LogP contribution in [0.1, 0.15) is 153 Å². The van der Waals surface area contributed by atoms with Crippen LogP contribution in [-0.4, -0.2) is 132 Å². The van der Waals surface area contributed by atoms with E-state index in [1.165, 1.54) is 127 Å². The first kappa shape index (κ1) is 95.0. The molecule has 0 saturated carbocycles. The number of hydrogen-bond acceptors (Lipinski definition) is 6. The molecule has 4 heterocycles. The van der Waals surface area contributed by atoms with Crippen LogP contribution in [0.25, 0.3) is 9.96 Å². The Labute approximate surface area is 755 Å². The Balaban J connectivity index is 0.000000249. The van der Waals surface area contributed by atoms with Gasteiger partial charge in [0.1, 0.15) is 0 Å². The fourth-order valence-electron chi connectivity index (χ4n) is 13.8.